The van der Waals surface area contributed by atoms with Crippen molar-refractivity contribution < 1.29 is 108 Å². The minimum absolute atomic E-state index is 0. The molecule has 3 aliphatic carbocycles. The molecular formula is C109H125BBrCl4F3N8O20. The van der Waals surface area contributed by atoms with Crippen LogP contribution in [0, 0.1) is 41.1 Å². The number of aliphatic carboxylic acids is 1. The summed E-state index contributed by atoms with van der Waals surface area (Å²) >= 11 is 20.4. The number of nitrogens with one attached hydrogen (secondary N) is 5. The Balaban J connectivity index is 0.000000244. The highest BCUT2D eigenvalue weighted by Crippen LogP contribution is 2.40. The number of hydrogen-bond acceptors (Lipinski definition) is 22. The summed E-state index contributed by atoms with van der Waals surface area (Å²) in [5.41, 5.74) is 27.6. The third-order valence-corrected chi connectivity index (χ3v) is 24.9. The molecule has 37 heteroatoms. The van der Waals surface area contributed by atoms with Gasteiger partial charge in [-0.25, -0.2) is 27.6 Å². The van der Waals surface area contributed by atoms with Crippen LogP contribution in [0.4, 0.5) is 38.9 Å². The van der Waals surface area contributed by atoms with Crippen LogP contribution >= 0.6 is 63.1 Å². The van der Waals surface area contributed by atoms with Crippen LogP contribution in [-0.2, 0) is 108 Å². The van der Waals surface area contributed by atoms with Crippen molar-refractivity contribution >= 4 is 174 Å². The zero-order valence-electron chi connectivity index (χ0n) is 83.7. The molecule has 4 fully saturated rings. The Hall–Kier alpha value is -12.8. The van der Waals surface area contributed by atoms with Gasteiger partial charge in [0, 0.05) is 119 Å². The topological polar surface area (TPSA) is 432 Å². The Morgan fingerprint density at radius 3 is 1.24 bits per heavy atom. The Morgan fingerprint density at radius 2 is 0.815 bits per heavy atom. The maximum Gasteiger partial charge on any atom is 0.494 e. The summed E-state index contributed by atoms with van der Waals surface area (Å²) < 4.78 is 86.1. The van der Waals surface area contributed by atoms with Crippen LogP contribution in [0.3, 0.4) is 0 Å². The number of carbonyl (C=O) groups is 7. The minimum Gasteiger partial charge on any atom is -0.481 e. The van der Waals surface area contributed by atoms with E-state index in [-0.39, 0.29) is 113 Å². The molecule has 28 nitrogen and oxygen atoms in total. The van der Waals surface area contributed by atoms with Crippen LogP contribution in [0.5, 0.6) is 0 Å². The second-order valence-electron chi connectivity index (χ2n) is 38.6. The van der Waals surface area contributed by atoms with E-state index < -0.39 is 77.5 Å². The van der Waals surface area contributed by atoms with E-state index in [1.54, 1.807) is 55.2 Å². The number of amides is 5. The number of Topliss-reactive ketones (excluding diaryl/α,β-unsaturated/α-hetero) is 1. The Bertz CT molecular complexity index is 6450. The van der Waals surface area contributed by atoms with Crippen LogP contribution in [0.2, 0.25) is 15.1 Å². The lowest BCUT2D eigenvalue weighted by Crippen LogP contribution is -2.41. The largest absolute Gasteiger partial charge is 0.494 e. The number of nitrogen functional groups attached to an aromatic ring is 2. The predicted octanol–water partition coefficient (Wildman–Crippen LogP) is 24.0. The molecule has 146 heavy (non-hydrogen) atoms. The number of fused-ring (bicyclic) bond motifs is 3. The number of nitrogens with two attached hydrogens (primary N) is 3. The average molecular weight is 2160 g/mol. The first kappa shape index (κ1) is 120. The van der Waals surface area contributed by atoms with Crippen molar-refractivity contribution in [3.8, 4) is 22.3 Å². The maximum absolute atomic E-state index is 14.3. The second kappa shape index (κ2) is 56.8. The normalized spacial score (nSPS) is 14.8. The fourth-order valence-corrected chi connectivity index (χ4v) is 17.1. The van der Waals surface area contributed by atoms with Gasteiger partial charge >= 0.3 is 43.7 Å². The van der Waals surface area contributed by atoms with E-state index in [0.29, 0.717) is 53.9 Å². The third-order valence-electron chi connectivity index (χ3n) is 23.5. The van der Waals surface area contributed by atoms with Crippen LogP contribution in [0.15, 0.2) is 219 Å². The molecule has 0 bridgehead atoms. The van der Waals surface area contributed by atoms with Gasteiger partial charge in [0.25, 0.3) is 0 Å². The summed E-state index contributed by atoms with van der Waals surface area (Å²) in [7, 11) is -0.406. The van der Waals surface area contributed by atoms with Crippen molar-refractivity contribution in [2.45, 2.75) is 234 Å². The number of anilines is 2. The highest BCUT2D eigenvalue weighted by Gasteiger charge is 2.52. The molecule has 0 spiro atoms. The molecular weight excluding hydrogens is 2030 g/mol. The van der Waals surface area contributed by atoms with Gasteiger partial charge in [-0.1, -0.05) is 164 Å². The average Bonchev–Trinajstić information content (AvgIpc) is 1.63. The van der Waals surface area contributed by atoms with Gasteiger partial charge in [0.15, 0.2) is 0 Å². The number of carbonyl (C=O) groups excluding carboxylic acids is 10. The molecule has 4 heterocycles. The molecule has 2 atom stereocenters. The van der Waals surface area contributed by atoms with Gasteiger partial charge in [-0.3, -0.25) is 19.2 Å². The monoisotopic (exact) mass is 2150 g/mol. The van der Waals surface area contributed by atoms with Gasteiger partial charge < -0.3 is 85.7 Å². The number of carboxylic acids is 1. The molecule has 4 aliphatic rings. The Morgan fingerprint density at radius 1 is 0.445 bits per heavy atom. The van der Waals surface area contributed by atoms with E-state index in [2.05, 4.69) is 42.5 Å². The van der Waals surface area contributed by atoms with E-state index in [1.807, 2.05) is 217 Å². The predicted molar refractivity (Wildman–Crippen MR) is 562 cm³/mol. The number of halogens is 8. The third kappa shape index (κ3) is 37.9. The second-order valence-corrected chi connectivity index (χ2v) is 40.6. The highest BCUT2D eigenvalue weighted by atomic mass is 79.9. The van der Waals surface area contributed by atoms with Crippen LogP contribution in [0.1, 0.15) is 200 Å². The molecule has 12 aromatic rings. The number of ether oxygens (including phenoxy) is 3. The molecule has 3 saturated carbocycles. The van der Waals surface area contributed by atoms with Gasteiger partial charge in [-0.15, -0.1) is 12.4 Å². The first-order chi connectivity index (χ1) is 68.5. The maximum atomic E-state index is 14.3. The van der Waals surface area contributed by atoms with E-state index in [4.69, 9.17) is 113 Å². The summed E-state index contributed by atoms with van der Waals surface area (Å²) in [6.45, 7) is 26.0. The number of furan rings is 3. The molecule has 12 N–H and O–H groups in total. The molecule has 780 valence electrons. The molecule has 1 aliphatic heterocycles. The highest BCUT2D eigenvalue weighted by molar-refractivity contribution is 9.10. The summed E-state index contributed by atoms with van der Waals surface area (Å²) in [6, 6.07) is 54.8. The van der Waals surface area contributed by atoms with Crippen molar-refractivity contribution in [2.24, 2.45) is 29.4 Å². The van der Waals surface area contributed by atoms with Gasteiger partial charge in [0.1, 0.15) is 56.8 Å². The number of rotatable bonds is 20. The van der Waals surface area contributed by atoms with Crippen molar-refractivity contribution in [2.75, 3.05) is 11.5 Å². The molecule has 5 amide bonds. The fraction of sp³-hybridized carbons (Fsp3) is 0.367. The quantitative estimate of drug-likeness (QED) is 0.0194. The number of ketones is 1. The smallest absolute Gasteiger partial charge is 0.481 e. The van der Waals surface area contributed by atoms with E-state index in [9.17, 15) is 46.7 Å². The van der Waals surface area contributed by atoms with E-state index >= 15 is 0 Å². The Labute approximate surface area is 876 Å². The van der Waals surface area contributed by atoms with Crippen LogP contribution in [0.25, 0.3) is 55.2 Å². The minimum atomic E-state index is -0.609. The molecule has 1 saturated heterocycles. The van der Waals surface area contributed by atoms with Crippen LogP contribution in [-0.4, -0.2) is 94.4 Å². The molecule has 0 unspecified atom stereocenters. The SMILES string of the molecule is CC(C)(C)OC(=O)NCc1cccc(-c2cc(CC(=O)[C@@H]3CCC[C@H]3C(=O)NCc3cccc(Cl)c3F)cc3ccoc23)c1.CC(C)(C)OC(=O)NCc1cccc(-c2cc(N)cc3ccoc23)c1.CC(C)(C)OC(=O)NCc1cccc(B2OC(C)(C)C(C)(C)O2)c1.Cl.NCc1cccc(Cl)c1F.Nc1cc(Br)c2occc2c1.O=C(NCc1cccc(Cl)c1F)C1CCCC1.O=C(O)C1CCCC1.O=C=O.O=C=O. The zero-order valence-corrected chi connectivity index (χ0v) is 88.3. The number of benzene rings is 9. The Kier molecular flexibility index (Phi) is 46.7. The van der Waals surface area contributed by atoms with Crippen molar-refractivity contribution in [1.82, 2.24) is 26.6 Å². The van der Waals surface area contributed by atoms with E-state index in [1.165, 1.54) is 18.2 Å². The molecule has 9 aromatic carbocycles. The van der Waals surface area contributed by atoms with Gasteiger partial charge in [-0.05, 0) is 268 Å². The summed E-state index contributed by atoms with van der Waals surface area (Å²) in [4.78, 5) is 117. The lowest BCUT2D eigenvalue weighted by Gasteiger charge is -2.32. The lowest BCUT2D eigenvalue weighted by atomic mass is 9.78. The molecule has 3 aromatic heterocycles. The van der Waals surface area contributed by atoms with E-state index in [0.717, 1.165) is 145 Å². The summed E-state index contributed by atoms with van der Waals surface area (Å²) in [5, 5.41) is 25.4. The standard InChI is InChI=1S/C35H36ClFN2O5.C20H22N2O3.C18H28BNO4.C13H15ClFNO.C8H6BrNO.C7H7ClFN.C6H10O2.2CO2.ClH/c1-35(2,3)44-34(42)39-19-21-7-4-8-23(15-21)28-17-22(16-24-13-14-43-32(24)28)18-30(40)26-10-6-11-27(26)33(41)38-20-25-9-5-12-29(36)31(25)37;1-20(2,3)25-19(23)22-12-13-5-4-6-14(9-13)17-11-16(21)10-15-7-8-24-18(15)17;1-16(2,3)22-15(21)20-12-13-9-8-10-14(11-13)19-23-17(4,5)18(6,7)24-19;14-11-7-3-6-10(12(11)15)8-16-13(17)9-4-1-2-5-9;9-7-4-6(10)3-5-1-2-11-8(5)7;8-6-3-1-2-5(4-10)7(6)9;7-6(8)5-3-1-2-4-5;2*2-1-3;/h4-5,7-9,12-17,26-27H,6,10-11,18-20H2,1-3H3,(H,38,41)(H,39,42);4-11H,12,21H2,1-3H3,(H,22,23);8-11H,12H2,1-7H3,(H,20,21);3,6-7,9H,1-2,4-5,8H2,(H,16,17);1-4H,10H2;1-3H,4,10H2;5H,1-4H2,(H,7,8);;;1H/t26-,27-;;;;;;;;;/m1........./s1. The van der Waals surface area contributed by atoms with Gasteiger partial charge in [0.2, 0.25) is 11.8 Å². The van der Waals surface area contributed by atoms with Gasteiger partial charge in [-0.2, -0.15) is 19.2 Å². The first-order valence-corrected chi connectivity index (χ1v) is 49.0. The fourth-order valence-electron chi connectivity index (χ4n) is 15.9. The van der Waals surface area contributed by atoms with Crippen molar-refractivity contribution in [3.63, 3.8) is 0 Å². The summed E-state index contributed by atoms with van der Waals surface area (Å²) in [5.74, 6) is -3.02. The van der Waals surface area contributed by atoms with Crippen molar-refractivity contribution in [1.29, 1.82) is 0 Å². The summed E-state index contributed by atoms with van der Waals surface area (Å²) in [6.07, 6.45) is 14.4. The number of carboxylic acid groups (broad SMARTS) is 1. The van der Waals surface area contributed by atoms with Crippen LogP contribution < -0.4 is 49.2 Å². The molecule has 16 rings (SSSR count). The van der Waals surface area contributed by atoms with Gasteiger partial charge in [0.05, 0.1) is 55.5 Å². The van der Waals surface area contributed by atoms with Crippen molar-refractivity contribution in [3.05, 3.63) is 277 Å². The zero-order chi connectivity index (χ0) is 107. The first-order valence-electron chi connectivity index (χ1n) is 47.0. The number of alkyl carbamates (subject to hydrolysis) is 3. The lowest BCUT2D eigenvalue weighted by molar-refractivity contribution is -0.193. The number of hydrogen-bond donors (Lipinski definition) is 9. The molecule has 0 radical (unpaired) electrons.